The Hall–Kier alpha value is -4.47. The Morgan fingerprint density at radius 2 is 1.81 bits per heavy atom. The molecular formula is C33H32F3N3O4. The van der Waals surface area contributed by atoms with Crippen molar-refractivity contribution < 1.29 is 32.2 Å². The fourth-order valence-electron chi connectivity index (χ4n) is 6.40. The van der Waals surface area contributed by atoms with Gasteiger partial charge in [-0.1, -0.05) is 43.3 Å². The highest BCUT2D eigenvalue weighted by Gasteiger charge is 2.56. The number of ether oxygens (including phenoxy) is 2. The molecule has 0 saturated carbocycles. The maximum absolute atomic E-state index is 14.3. The van der Waals surface area contributed by atoms with Gasteiger partial charge in [-0.05, 0) is 60.4 Å². The van der Waals surface area contributed by atoms with Crippen LogP contribution in [0.4, 0.5) is 13.2 Å². The van der Waals surface area contributed by atoms with Crippen molar-refractivity contribution in [2.45, 2.75) is 44.4 Å². The zero-order valence-corrected chi connectivity index (χ0v) is 24.1. The summed E-state index contributed by atoms with van der Waals surface area (Å²) in [4.78, 5) is 34.5. The third-order valence-corrected chi connectivity index (χ3v) is 8.50. The molecule has 1 N–H and O–H groups in total. The number of hydrogen-bond acceptors (Lipinski definition) is 4. The molecule has 10 heteroatoms. The molecule has 2 amide bonds. The summed E-state index contributed by atoms with van der Waals surface area (Å²) in [6.45, 7) is 4.18. The van der Waals surface area contributed by atoms with Crippen LogP contribution in [0.25, 0.3) is 10.9 Å². The Kier molecular flexibility index (Phi) is 7.10. The average Bonchev–Trinajstić information content (AvgIpc) is 3.39. The Bertz CT molecular complexity index is 1720. The molecule has 1 aromatic heterocycles. The van der Waals surface area contributed by atoms with E-state index in [4.69, 9.17) is 9.47 Å². The van der Waals surface area contributed by atoms with Crippen molar-refractivity contribution in [3.8, 4) is 11.5 Å². The molecule has 1 fully saturated rings. The van der Waals surface area contributed by atoms with Crippen LogP contribution in [0.5, 0.6) is 11.5 Å². The van der Waals surface area contributed by atoms with Crippen LogP contribution in [0.3, 0.4) is 0 Å². The number of carbonyl (C=O) groups excluding carboxylic acids is 2. The maximum atomic E-state index is 14.3. The van der Waals surface area contributed by atoms with Gasteiger partial charge in [0.05, 0.1) is 25.0 Å². The van der Waals surface area contributed by atoms with Crippen LogP contribution in [0.1, 0.15) is 54.1 Å². The maximum Gasteiger partial charge on any atom is 0.416 e. The summed E-state index contributed by atoms with van der Waals surface area (Å²) < 4.78 is 51.6. The van der Waals surface area contributed by atoms with Crippen molar-refractivity contribution >= 4 is 22.7 Å². The second kappa shape index (κ2) is 10.7. The molecule has 6 rings (SSSR count). The number of nitrogens with one attached hydrogen (secondary N) is 1. The summed E-state index contributed by atoms with van der Waals surface area (Å²) in [7, 11) is 1.58. The van der Waals surface area contributed by atoms with Gasteiger partial charge in [0.25, 0.3) is 5.91 Å². The highest BCUT2D eigenvalue weighted by atomic mass is 19.4. The molecule has 2 atom stereocenters. The number of carbonyl (C=O) groups is 2. The van der Waals surface area contributed by atoms with Crippen LogP contribution in [-0.4, -0.2) is 53.4 Å². The monoisotopic (exact) mass is 591 g/mol. The van der Waals surface area contributed by atoms with E-state index >= 15 is 0 Å². The molecule has 43 heavy (non-hydrogen) atoms. The Morgan fingerprint density at radius 3 is 2.56 bits per heavy atom. The largest absolute Gasteiger partial charge is 0.493 e. The predicted molar refractivity (Wildman–Crippen MR) is 155 cm³/mol. The van der Waals surface area contributed by atoms with E-state index in [2.05, 4.69) is 4.98 Å². The first kappa shape index (κ1) is 28.6. The van der Waals surface area contributed by atoms with Crippen LogP contribution in [0, 0.1) is 0 Å². The SMILES string of the molecule is CCCOc1ccc([C@@H]2CN3C(=O)CN(Cc4cccc(C(F)(F)F)c4)C(=O)[C@]3(C)c3[nH]c4ccccc4c32)cc1OC. The molecule has 0 unspecified atom stereocenters. The minimum Gasteiger partial charge on any atom is -0.493 e. The van der Waals surface area contributed by atoms with Gasteiger partial charge in [0.2, 0.25) is 5.91 Å². The van der Waals surface area contributed by atoms with Gasteiger partial charge in [-0.3, -0.25) is 9.59 Å². The lowest BCUT2D eigenvalue weighted by Gasteiger charge is -2.51. The number of para-hydroxylation sites is 1. The lowest BCUT2D eigenvalue weighted by atomic mass is 9.76. The molecule has 0 bridgehead atoms. The van der Waals surface area contributed by atoms with Gasteiger partial charge in [0, 0.05) is 29.9 Å². The van der Waals surface area contributed by atoms with E-state index in [-0.39, 0.29) is 37.4 Å². The van der Waals surface area contributed by atoms with E-state index in [1.165, 1.54) is 17.0 Å². The molecule has 3 heterocycles. The molecular weight excluding hydrogens is 559 g/mol. The zero-order chi connectivity index (χ0) is 30.5. The number of fused-ring (bicyclic) bond motifs is 5. The Balaban J connectivity index is 1.44. The average molecular weight is 592 g/mol. The molecule has 2 aliphatic heterocycles. The van der Waals surface area contributed by atoms with Crippen molar-refractivity contribution in [1.29, 1.82) is 0 Å². The normalized spacial score (nSPS) is 20.3. The standard InChI is InChI=1S/C33H32F3N3O4/c1-4-14-43-26-13-12-21(16-27(26)42-3)24-18-39-28(40)19-38(17-20-8-7-9-22(15-20)33(34,35)36)31(41)32(39,2)30-29(24)23-10-5-6-11-25(23)37-30/h5-13,15-16,24,37H,4,14,17-19H2,1-3H3/t24-,32-/m0/s1. The first-order chi connectivity index (χ1) is 20.6. The highest BCUT2D eigenvalue weighted by molar-refractivity contribution is 6.01. The molecule has 0 aliphatic carbocycles. The minimum absolute atomic E-state index is 0.118. The summed E-state index contributed by atoms with van der Waals surface area (Å²) >= 11 is 0. The Labute approximate surface area is 247 Å². The van der Waals surface area contributed by atoms with Crippen LogP contribution < -0.4 is 9.47 Å². The van der Waals surface area contributed by atoms with E-state index < -0.39 is 17.3 Å². The predicted octanol–water partition coefficient (Wildman–Crippen LogP) is 6.22. The van der Waals surface area contributed by atoms with E-state index in [0.29, 0.717) is 29.4 Å². The number of aromatic nitrogens is 1. The second-order valence-corrected chi connectivity index (χ2v) is 11.2. The smallest absolute Gasteiger partial charge is 0.416 e. The number of rotatable bonds is 7. The fourth-order valence-corrected chi connectivity index (χ4v) is 6.40. The van der Waals surface area contributed by atoms with Crippen molar-refractivity contribution in [3.63, 3.8) is 0 Å². The number of amides is 2. The summed E-state index contributed by atoms with van der Waals surface area (Å²) in [6.07, 6.45) is -3.66. The molecule has 7 nitrogen and oxygen atoms in total. The van der Waals surface area contributed by atoms with Gasteiger partial charge < -0.3 is 24.3 Å². The number of alkyl halides is 3. The van der Waals surface area contributed by atoms with Crippen molar-refractivity contribution in [2.75, 3.05) is 26.8 Å². The lowest BCUT2D eigenvalue weighted by Crippen LogP contribution is -2.67. The number of methoxy groups -OCH3 is 1. The molecule has 4 aromatic rings. The zero-order valence-electron chi connectivity index (χ0n) is 24.1. The number of nitrogens with zero attached hydrogens (tertiary/aromatic N) is 2. The molecule has 3 aromatic carbocycles. The topological polar surface area (TPSA) is 74.9 Å². The summed E-state index contributed by atoms with van der Waals surface area (Å²) in [5.74, 6) is 0.298. The number of piperazine rings is 1. The summed E-state index contributed by atoms with van der Waals surface area (Å²) in [5.41, 5.74) is 1.36. The number of hydrogen-bond donors (Lipinski definition) is 1. The van der Waals surface area contributed by atoms with Crippen LogP contribution >= 0.6 is 0 Å². The fraction of sp³-hybridized carbons (Fsp3) is 0.333. The molecule has 2 aliphatic rings. The number of aromatic amines is 1. The summed E-state index contributed by atoms with van der Waals surface area (Å²) in [6, 6.07) is 18.4. The number of benzene rings is 3. The third kappa shape index (κ3) is 4.78. The van der Waals surface area contributed by atoms with Crippen molar-refractivity contribution in [3.05, 3.63) is 94.7 Å². The summed E-state index contributed by atoms with van der Waals surface area (Å²) in [5, 5.41) is 0.934. The van der Waals surface area contributed by atoms with Gasteiger partial charge in [-0.25, -0.2) is 0 Å². The van der Waals surface area contributed by atoms with E-state index in [9.17, 15) is 22.8 Å². The second-order valence-electron chi connectivity index (χ2n) is 11.2. The van der Waals surface area contributed by atoms with E-state index in [1.54, 1.807) is 18.9 Å². The molecule has 1 saturated heterocycles. The molecule has 0 radical (unpaired) electrons. The van der Waals surface area contributed by atoms with Gasteiger partial charge >= 0.3 is 6.18 Å². The third-order valence-electron chi connectivity index (χ3n) is 8.50. The van der Waals surface area contributed by atoms with Crippen molar-refractivity contribution in [1.82, 2.24) is 14.8 Å². The van der Waals surface area contributed by atoms with E-state index in [0.717, 1.165) is 40.6 Å². The number of H-pyrrole nitrogens is 1. The quantitative estimate of drug-likeness (QED) is 0.277. The van der Waals surface area contributed by atoms with Crippen LogP contribution in [-0.2, 0) is 27.8 Å². The number of halogens is 3. The van der Waals surface area contributed by atoms with E-state index in [1.807, 2.05) is 49.4 Å². The first-order valence-corrected chi connectivity index (χ1v) is 14.2. The van der Waals surface area contributed by atoms with Gasteiger partial charge in [0.15, 0.2) is 17.0 Å². The first-order valence-electron chi connectivity index (χ1n) is 14.2. The van der Waals surface area contributed by atoms with Gasteiger partial charge in [0.1, 0.15) is 6.54 Å². The van der Waals surface area contributed by atoms with Gasteiger partial charge in [-0.2, -0.15) is 13.2 Å². The Morgan fingerprint density at radius 1 is 1.02 bits per heavy atom. The molecule has 224 valence electrons. The van der Waals surface area contributed by atoms with Crippen LogP contribution in [0.2, 0.25) is 0 Å². The highest BCUT2D eigenvalue weighted by Crippen LogP contribution is 2.49. The van der Waals surface area contributed by atoms with Crippen LogP contribution in [0.15, 0.2) is 66.7 Å². The van der Waals surface area contributed by atoms with Gasteiger partial charge in [-0.15, -0.1) is 0 Å². The van der Waals surface area contributed by atoms with Crippen molar-refractivity contribution in [2.24, 2.45) is 0 Å². The minimum atomic E-state index is -4.51. The molecule has 0 spiro atoms. The lowest BCUT2D eigenvalue weighted by molar-refractivity contribution is -0.167.